The van der Waals surface area contributed by atoms with Crippen molar-refractivity contribution in [2.45, 2.75) is 39.0 Å². The van der Waals surface area contributed by atoms with Crippen LogP contribution in [0.4, 0.5) is 0 Å². The molecule has 0 bridgehead atoms. The van der Waals surface area contributed by atoms with Gasteiger partial charge in [0, 0.05) is 0 Å². The third-order valence-corrected chi connectivity index (χ3v) is 1.83. The van der Waals surface area contributed by atoms with E-state index in [9.17, 15) is 0 Å². The Balaban J connectivity index is 2.98. The number of rotatable bonds is 5. The van der Waals surface area contributed by atoms with Crippen LogP contribution in [-0.2, 0) is 0 Å². The van der Waals surface area contributed by atoms with Gasteiger partial charge in [-0.15, -0.1) is 0 Å². The van der Waals surface area contributed by atoms with Gasteiger partial charge in [-0.3, -0.25) is 0 Å². The van der Waals surface area contributed by atoms with Crippen LogP contribution in [0.2, 0.25) is 0 Å². The highest BCUT2D eigenvalue weighted by Gasteiger charge is 1.85. The SMILES string of the molecule is CCCCCC/C=C(\Cl)Br. The van der Waals surface area contributed by atoms with E-state index in [1.54, 1.807) is 0 Å². The fourth-order valence-corrected chi connectivity index (χ4v) is 1.12. The molecule has 0 saturated heterocycles. The summed E-state index contributed by atoms with van der Waals surface area (Å²) < 4.78 is 0.740. The molecule has 0 spiro atoms. The second kappa shape index (κ2) is 7.62. The Hall–Kier alpha value is 0.510. The maximum absolute atomic E-state index is 5.57. The van der Waals surface area contributed by atoms with E-state index in [0.29, 0.717) is 0 Å². The minimum atomic E-state index is 0.740. The first-order chi connectivity index (χ1) is 4.77. The normalized spacial score (nSPS) is 12.1. The highest BCUT2D eigenvalue weighted by molar-refractivity contribution is 9.12. The molecular weight excluding hydrogens is 211 g/mol. The molecule has 0 amide bonds. The van der Waals surface area contributed by atoms with Crippen LogP contribution in [0.1, 0.15) is 39.0 Å². The first-order valence-corrected chi connectivity index (χ1v) is 4.95. The van der Waals surface area contributed by atoms with Crippen LogP contribution < -0.4 is 0 Å². The van der Waals surface area contributed by atoms with Crippen LogP contribution in [-0.4, -0.2) is 0 Å². The lowest BCUT2D eigenvalue weighted by atomic mass is 10.2. The molecule has 0 aromatic heterocycles. The van der Waals surface area contributed by atoms with E-state index in [0.717, 1.165) is 10.4 Å². The first kappa shape index (κ1) is 10.5. The molecule has 10 heavy (non-hydrogen) atoms. The Morgan fingerprint density at radius 3 is 2.60 bits per heavy atom. The van der Waals surface area contributed by atoms with Crippen molar-refractivity contribution in [2.75, 3.05) is 0 Å². The van der Waals surface area contributed by atoms with Gasteiger partial charge in [0.1, 0.15) is 0 Å². The van der Waals surface area contributed by atoms with Gasteiger partial charge in [0.05, 0.1) is 3.94 Å². The average Bonchev–Trinajstić information content (AvgIpc) is 1.87. The van der Waals surface area contributed by atoms with Crippen molar-refractivity contribution < 1.29 is 0 Å². The zero-order valence-electron chi connectivity index (χ0n) is 6.37. The Morgan fingerprint density at radius 1 is 1.40 bits per heavy atom. The lowest BCUT2D eigenvalue weighted by Crippen LogP contribution is -1.73. The van der Waals surface area contributed by atoms with Crippen LogP contribution in [0.3, 0.4) is 0 Å². The largest absolute Gasteiger partial charge is 0.0794 e. The van der Waals surface area contributed by atoms with Crippen molar-refractivity contribution in [2.24, 2.45) is 0 Å². The smallest absolute Gasteiger partial charge is 0.0765 e. The number of hydrogen-bond acceptors (Lipinski definition) is 0. The summed E-state index contributed by atoms with van der Waals surface area (Å²) in [6, 6.07) is 0. The summed E-state index contributed by atoms with van der Waals surface area (Å²) in [6.45, 7) is 2.22. The maximum atomic E-state index is 5.57. The summed E-state index contributed by atoms with van der Waals surface area (Å²) in [5, 5.41) is 0. The molecule has 0 saturated carbocycles. The third-order valence-electron chi connectivity index (χ3n) is 1.36. The molecule has 2 heteroatoms. The van der Waals surface area contributed by atoms with Gasteiger partial charge >= 0.3 is 0 Å². The van der Waals surface area contributed by atoms with E-state index in [4.69, 9.17) is 11.6 Å². The summed E-state index contributed by atoms with van der Waals surface area (Å²) in [6.07, 6.45) is 8.33. The molecule has 0 unspecified atom stereocenters. The molecule has 0 aliphatic carbocycles. The Labute approximate surface area is 76.8 Å². The molecule has 0 aliphatic heterocycles. The molecule has 0 rings (SSSR count). The fourth-order valence-electron chi connectivity index (χ4n) is 0.782. The molecule has 0 atom stereocenters. The monoisotopic (exact) mass is 224 g/mol. The average molecular weight is 226 g/mol. The number of hydrogen-bond donors (Lipinski definition) is 0. The van der Waals surface area contributed by atoms with E-state index < -0.39 is 0 Å². The standard InChI is InChI=1S/C8H14BrCl/c1-2-3-4-5-6-7-8(9)10/h7H,2-6H2,1H3/b8-7-. The number of unbranched alkanes of at least 4 members (excludes halogenated alkanes) is 4. The zero-order chi connectivity index (χ0) is 7.82. The molecular formula is C8H14BrCl. The summed E-state index contributed by atoms with van der Waals surface area (Å²) in [5.74, 6) is 0. The van der Waals surface area contributed by atoms with Crippen LogP contribution in [0.5, 0.6) is 0 Å². The fraction of sp³-hybridized carbons (Fsp3) is 0.750. The van der Waals surface area contributed by atoms with Crippen LogP contribution >= 0.6 is 27.5 Å². The highest BCUT2D eigenvalue weighted by atomic mass is 79.9. The summed E-state index contributed by atoms with van der Waals surface area (Å²) >= 11 is 8.74. The highest BCUT2D eigenvalue weighted by Crippen LogP contribution is 2.12. The van der Waals surface area contributed by atoms with Gasteiger partial charge in [-0.1, -0.05) is 43.9 Å². The predicted octanol–water partition coefficient (Wildman–Crippen LogP) is 4.43. The van der Waals surface area contributed by atoms with Gasteiger partial charge in [0.2, 0.25) is 0 Å². The van der Waals surface area contributed by atoms with Crippen molar-refractivity contribution in [1.82, 2.24) is 0 Å². The van der Waals surface area contributed by atoms with Gasteiger partial charge in [-0.25, -0.2) is 0 Å². The second-order valence-electron chi connectivity index (χ2n) is 2.34. The molecule has 0 aromatic carbocycles. The lowest BCUT2D eigenvalue weighted by molar-refractivity contribution is 0.674. The number of halogens is 2. The molecule has 60 valence electrons. The minimum absolute atomic E-state index is 0.740. The topological polar surface area (TPSA) is 0 Å². The summed E-state index contributed by atoms with van der Waals surface area (Å²) in [7, 11) is 0. The molecule has 0 aromatic rings. The van der Waals surface area contributed by atoms with Crippen molar-refractivity contribution >= 4 is 27.5 Å². The molecule has 0 radical (unpaired) electrons. The van der Waals surface area contributed by atoms with E-state index in [-0.39, 0.29) is 0 Å². The van der Waals surface area contributed by atoms with Gasteiger partial charge in [0.25, 0.3) is 0 Å². The van der Waals surface area contributed by atoms with Gasteiger partial charge in [-0.2, -0.15) is 0 Å². The Kier molecular flexibility index (Phi) is 8.00. The van der Waals surface area contributed by atoms with Crippen molar-refractivity contribution in [3.8, 4) is 0 Å². The van der Waals surface area contributed by atoms with Crippen molar-refractivity contribution in [3.05, 3.63) is 10.0 Å². The van der Waals surface area contributed by atoms with Crippen LogP contribution in [0.25, 0.3) is 0 Å². The first-order valence-electron chi connectivity index (χ1n) is 3.78. The lowest BCUT2D eigenvalue weighted by Gasteiger charge is -1.93. The Bertz CT molecular complexity index is 95.4. The quantitative estimate of drug-likeness (QED) is 0.607. The van der Waals surface area contributed by atoms with Gasteiger partial charge < -0.3 is 0 Å². The van der Waals surface area contributed by atoms with Crippen molar-refractivity contribution in [3.63, 3.8) is 0 Å². The Morgan fingerprint density at radius 2 is 2.10 bits per heavy atom. The number of allylic oxidation sites excluding steroid dienone is 1. The van der Waals surface area contributed by atoms with Crippen LogP contribution in [0.15, 0.2) is 10.0 Å². The second-order valence-corrected chi connectivity index (χ2v) is 4.06. The van der Waals surface area contributed by atoms with E-state index in [1.807, 2.05) is 6.08 Å². The molecule has 0 heterocycles. The molecule has 0 N–H and O–H groups in total. The van der Waals surface area contributed by atoms with Gasteiger partial charge in [0.15, 0.2) is 0 Å². The summed E-state index contributed by atoms with van der Waals surface area (Å²) in [5.41, 5.74) is 0. The van der Waals surface area contributed by atoms with E-state index >= 15 is 0 Å². The minimum Gasteiger partial charge on any atom is -0.0765 e. The van der Waals surface area contributed by atoms with Crippen molar-refractivity contribution in [1.29, 1.82) is 0 Å². The maximum Gasteiger partial charge on any atom is 0.0794 e. The molecule has 0 aliphatic rings. The molecule has 0 nitrogen and oxygen atoms in total. The molecule has 0 fully saturated rings. The zero-order valence-corrected chi connectivity index (χ0v) is 8.71. The van der Waals surface area contributed by atoms with E-state index in [2.05, 4.69) is 22.9 Å². The van der Waals surface area contributed by atoms with E-state index in [1.165, 1.54) is 25.7 Å². The summed E-state index contributed by atoms with van der Waals surface area (Å²) in [4.78, 5) is 0. The van der Waals surface area contributed by atoms with Crippen LogP contribution in [0, 0.1) is 0 Å². The van der Waals surface area contributed by atoms with Gasteiger partial charge in [-0.05, 0) is 28.8 Å². The third kappa shape index (κ3) is 8.51. The predicted molar refractivity (Wildman–Crippen MR) is 51.6 cm³/mol.